The first kappa shape index (κ1) is 15.5. The molecule has 0 bridgehead atoms. The topological polar surface area (TPSA) is 122 Å². The predicted molar refractivity (Wildman–Crippen MR) is 73.9 cm³/mol. The average Bonchev–Trinajstić information content (AvgIpc) is 2.89. The van der Waals surface area contributed by atoms with E-state index in [-0.39, 0.29) is 17.6 Å². The number of rotatable bonds is 5. The van der Waals surface area contributed by atoms with Gasteiger partial charge >= 0.3 is 0 Å². The van der Waals surface area contributed by atoms with Crippen LogP contribution >= 0.6 is 0 Å². The molecule has 8 nitrogen and oxygen atoms in total. The van der Waals surface area contributed by atoms with Crippen LogP contribution in [0.3, 0.4) is 0 Å². The Labute approximate surface area is 122 Å². The lowest BCUT2D eigenvalue weighted by Gasteiger charge is -2.17. The van der Waals surface area contributed by atoms with Crippen LogP contribution in [-0.2, 0) is 10.0 Å². The van der Waals surface area contributed by atoms with Crippen LogP contribution in [0.5, 0.6) is 11.5 Å². The molecule has 1 aliphatic rings. The van der Waals surface area contributed by atoms with Crippen LogP contribution in [0, 0.1) is 10.1 Å². The number of primary sulfonamides is 1. The van der Waals surface area contributed by atoms with E-state index in [1.165, 1.54) is 7.11 Å². The molecule has 0 saturated heterocycles. The van der Waals surface area contributed by atoms with Crippen molar-refractivity contribution in [2.45, 2.75) is 36.7 Å². The van der Waals surface area contributed by atoms with Crippen molar-refractivity contribution in [3.63, 3.8) is 0 Å². The molecule has 1 aliphatic carbocycles. The van der Waals surface area contributed by atoms with E-state index in [0.29, 0.717) is 0 Å². The number of methoxy groups -OCH3 is 1. The number of nitro groups is 1. The summed E-state index contributed by atoms with van der Waals surface area (Å²) in [7, 11) is -2.91. The van der Waals surface area contributed by atoms with Crippen molar-refractivity contribution in [3.05, 3.63) is 22.2 Å². The minimum Gasteiger partial charge on any atom is -0.492 e. The molecule has 0 aromatic heterocycles. The summed E-state index contributed by atoms with van der Waals surface area (Å²) in [6, 6.07) is 2.03. The Hall–Kier alpha value is -1.87. The van der Waals surface area contributed by atoms with Gasteiger partial charge in [0.1, 0.15) is 4.90 Å². The maximum absolute atomic E-state index is 11.6. The first-order chi connectivity index (χ1) is 9.82. The monoisotopic (exact) mass is 316 g/mol. The SMILES string of the molecule is COc1c(OC2CCCC2)cc([N+](=O)[O-])cc1S(N)(=O)=O. The van der Waals surface area contributed by atoms with Crippen LogP contribution in [0.4, 0.5) is 5.69 Å². The molecule has 1 aromatic rings. The number of hydrogen-bond donors (Lipinski definition) is 1. The number of nitrogens with two attached hydrogens (primary N) is 1. The molecule has 9 heteroatoms. The number of non-ortho nitro benzene ring substituents is 1. The third-order valence-corrected chi connectivity index (χ3v) is 4.24. The fourth-order valence-electron chi connectivity index (χ4n) is 2.35. The number of benzene rings is 1. The largest absolute Gasteiger partial charge is 0.492 e. The highest BCUT2D eigenvalue weighted by Crippen LogP contribution is 2.39. The summed E-state index contributed by atoms with van der Waals surface area (Å²) in [5, 5.41) is 16.0. The van der Waals surface area contributed by atoms with E-state index in [0.717, 1.165) is 37.8 Å². The molecule has 116 valence electrons. The fourth-order valence-corrected chi connectivity index (χ4v) is 3.08. The van der Waals surface area contributed by atoms with Gasteiger partial charge in [0.05, 0.1) is 24.2 Å². The smallest absolute Gasteiger partial charge is 0.274 e. The molecule has 1 aromatic carbocycles. The third-order valence-electron chi connectivity index (χ3n) is 3.32. The van der Waals surface area contributed by atoms with Crippen molar-refractivity contribution >= 4 is 15.7 Å². The number of sulfonamides is 1. The lowest BCUT2D eigenvalue weighted by molar-refractivity contribution is -0.385. The quantitative estimate of drug-likeness (QED) is 0.650. The third kappa shape index (κ3) is 3.42. The molecule has 0 radical (unpaired) electrons. The average molecular weight is 316 g/mol. The van der Waals surface area contributed by atoms with E-state index in [1.54, 1.807) is 0 Å². The Morgan fingerprint density at radius 3 is 2.43 bits per heavy atom. The summed E-state index contributed by atoms with van der Waals surface area (Å²) in [6.45, 7) is 0. The summed E-state index contributed by atoms with van der Waals surface area (Å²) >= 11 is 0. The van der Waals surface area contributed by atoms with Gasteiger partial charge in [-0.25, -0.2) is 13.6 Å². The predicted octanol–water partition coefficient (Wildman–Crippen LogP) is 1.57. The summed E-state index contributed by atoms with van der Waals surface area (Å²) < 4.78 is 33.9. The molecule has 0 amide bonds. The zero-order valence-electron chi connectivity index (χ0n) is 11.4. The molecule has 0 aliphatic heterocycles. The molecule has 0 heterocycles. The van der Waals surface area contributed by atoms with Gasteiger partial charge in [-0.2, -0.15) is 0 Å². The summed E-state index contributed by atoms with van der Waals surface area (Å²) in [5.74, 6) is -0.0716. The zero-order chi connectivity index (χ0) is 15.6. The standard InChI is InChI=1S/C12H16N2O6S/c1-19-12-10(20-9-4-2-3-5-9)6-8(14(15)16)7-11(12)21(13,17)18/h6-7,9H,2-5H2,1H3,(H2,13,17,18). The van der Waals surface area contributed by atoms with Gasteiger partial charge < -0.3 is 9.47 Å². The van der Waals surface area contributed by atoms with E-state index in [4.69, 9.17) is 14.6 Å². The minimum atomic E-state index is -4.17. The van der Waals surface area contributed by atoms with Crippen LogP contribution in [0.2, 0.25) is 0 Å². The van der Waals surface area contributed by atoms with Gasteiger partial charge in [0, 0.05) is 6.07 Å². The van der Waals surface area contributed by atoms with Gasteiger partial charge in [-0.3, -0.25) is 10.1 Å². The maximum Gasteiger partial charge on any atom is 0.274 e. The van der Waals surface area contributed by atoms with E-state index in [1.807, 2.05) is 0 Å². The molecular formula is C12H16N2O6S. The van der Waals surface area contributed by atoms with Gasteiger partial charge in [0.15, 0.2) is 11.5 Å². The highest BCUT2D eigenvalue weighted by atomic mass is 32.2. The van der Waals surface area contributed by atoms with E-state index in [9.17, 15) is 18.5 Å². The summed E-state index contributed by atoms with van der Waals surface area (Å²) in [6.07, 6.45) is 3.54. The lowest BCUT2D eigenvalue weighted by Crippen LogP contribution is -2.16. The van der Waals surface area contributed by atoms with Crippen molar-refractivity contribution in [2.75, 3.05) is 7.11 Å². The van der Waals surface area contributed by atoms with Gasteiger partial charge in [-0.05, 0) is 25.7 Å². The van der Waals surface area contributed by atoms with Gasteiger partial charge in [-0.1, -0.05) is 0 Å². The molecule has 2 N–H and O–H groups in total. The van der Waals surface area contributed by atoms with Gasteiger partial charge in [-0.15, -0.1) is 0 Å². The minimum absolute atomic E-state index is 0.0302. The first-order valence-electron chi connectivity index (χ1n) is 6.39. The fraction of sp³-hybridized carbons (Fsp3) is 0.500. The van der Waals surface area contributed by atoms with Crippen LogP contribution in [-0.4, -0.2) is 26.6 Å². The Morgan fingerprint density at radius 1 is 1.33 bits per heavy atom. The van der Waals surface area contributed by atoms with E-state index < -0.39 is 25.5 Å². The van der Waals surface area contributed by atoms with Crippen LogP contribution in [0.15, 0.2) is 17.0 Å². The Bertz CT molecular complexity index is 652. The highest BCUT2D eigenvalue weighted by molar-refractivity contribution is 7.89. The van der Waals surface area contributed by atoms with Crippen LogP contribution in [0.25, 0.3) is 0 Å². The summed E-state index contributed by atoms with van der Waals surface area (Å²) in [4.78, 5) is 9.79. The van der Waals surface area contributed by atoms with Gasteiger partial charge in [0.2, 0.25) is 10.0 Å². The summed E-state index contributed by atoms with van der Waals surface area (Å²) in [5.41, 5.74) is -0.409. The lowest BCUT2D eigenvalue weighted by atomic mass is 10.2. The molecule has 2 rings (SSSR count). The van der Waals surface area contributed by atoms with Crippen molar-refractivity contribution < 1.29 is 22.8 Å². The van der Waals surface area contributed by atoms with E-state index in [2.05, 4.69) is 0 Å². The maximum atomic E-state index is 11.6. The van der Waals surface area contributed by atoms with Crippen molar-refractivity contribution in [1.82, 2.24) is 0 Å². The molecular weight excluding hydrogens is 300 g/mol. The van der Waals surface area contributed by atoms with E-state index >= 15 is 0 Å². The second-order valence-corrected chi connectivity index (χ2v) is 6.33. The Kier molecular flexibility index (Phi) is 4.33. The molecule has 1 fully saturated rings. The second-order valence-electron chi connectivity index (χ2n) is 4.80. The number of hydrogen-bond acceptors (Lipinski definition) is 6. The molecule has 0 atom stereocenters. The number of nitrogens with zero attached hydrogens (tertiary/aromatic N) is 1. The molecule has 0 spiro atoms. The van der Waals surface area contributed by atoms with Crippen LogP contribution < -0.4 is 14.6 Å². The number of nitro benzene ring substituents is 1. The normalized spacial score (nSPS) is 15.9. The Morgan fingerprint density at radius 2 is 1.95 bits per heavy atom. The molecule has 21 heavy (non-hydrogen) atoms. The first-order valence-corrected chi connectivity index (χ1v) is 7.93. The molecule has 0 unspecified atom stereocenters. The van der Waals surface area contributed by atoms with Crippen molar-refractivity contribution in [2.24, 2.45) is 5.14 Å². The highest BCUT2D eigenvalue weighted by Gasteiger charge is 2.27. The Balaban J connectivity index is 2.54. The van der Waals surface area contributed by atoms with Crippen molar-refractivity contribution in [1.29, 1.82) is 0 Å². The number of ether oxygens (including phenoxy) is 2. The van der Waals surface area contributed by atoms with Crippen LogP contribution in [0.1, 0.15) is 25.7 Å². The van der Waals surface area contributed by atoms with Gasteiger partial charge in [0.25, 0.3) is 5.69 Å². The van der Waals surface area contributed by atoms with Crippen molar-refractivity contribution in [3.8, 4) is 11.5 Å². The zero-order valence-corrected chi connectivity index (χ0v) is 12.3. The molecule has 1 saturated carbocycles. The second kappa shape index (κ2) is 5.86.